The van der Waals surface area contributed by atoms with E-state index in [2.05, 4.69) is 14.6 Å². The van der Waals surface area contributed by atoms with Gasteiger partial charge in [-0.15, -0.1) is 5.10 Å². The number of hydrogen-bond donors (Lipinski definition) is 0. The van der Waals surface area contributed by atoms with Crippen LogP contribution in [0.4, 0.5) is 0 Å². The van der Waals surface area contributed by atoms with E-state index in [0.29, 0.717) is 31.7 Å². The lowest BCUT2D eigenvalue weighted by Gasteiger charge is -2.38. The van der Waals surface area contributed by atoms with E-state index in [1.165, 1.54) is 11.5 Å². The number of amides is 2. The molecule has 2 aromatic rings. The quantitative estimate of drug-likeness (QED) is 0.833. The standard InChI is InChI=1S/C17H19N5O2S/c23-15-8-17(12-22(15)10-13-2-1-5-18-9-13)3-6-21(7-4-17)16(24)14-11-25-20-19-14/h1-2,5,9,11H,3-4,6-8,10,12H2. The maximum atomic E-state index is 12.5. The van der Waals surface area contributed by atoms with Crippen LogP contribution >= 0.6 is 11.5 Å². The van der Waals surface area contributed by atoms with E-state index in [1.54, 1.807) is 17.8 Å². The number of carbonyl (C=O) groups is 2. The minimum absolute atomic E-state index is 0.00357. The summed E-state index contributed by atoms with van der Waals surface area (Å²) in [5.74, 6) is 0.146. The van der Waals surface area contributed by atoms with Crippen LogP contribution in [0.1, 0.15) is 35.3 Å². The Bertz CT molecular complexity index is 757. The van der Waals surface area contributed by atoms with E-state index < -0.39 is 0 Å². The maximum Gasteiger partial charge on any atom is 0.275 e. The number of likely N-dealkylation sites (tertiary alicyclic amines) is 2. The molecule has 2 saturated heterocycles. The molecule has 0 bridgehead atoms. The zero-order valence-electron chi connectivity index (χ0n) is 13.8. The van der Waals surface area contributed by atoms with Crippen LogP contribution in [-0.4, -0.2) is 55.8 Å². The molecule has 8 heteroatoms. The van der Waals surface area contributed by atoms with Gasteiger partial charge in [-0.2, -0.15) is 0 Å². The molecule has 1 spiro atoms. The molecule has 2 aliphatic rings. The first-order valence-corrected chi connectivity index (χ1v) is 9.22. The van der Waals surface area contributed by atoms with E-state index in [-0.39, 0.29) is 17.2 Å². The van der Waals surface area contributed by atoms with Gasteiger partial charge in [0.2, 0.25) is 5.91 Å². The topological polar surface area (TPSA) is 79.3 Å². The molecule has 7 nitrogen and oxygen atoms in total. The van der Waals surface area contributed by atoms with Gasteiger partial charge in [-0.25, -0.2) is 0 Å². The number of nitrogens with zero attached hydrogens (tertiary/aromatic N) is 5. The van der Waals surface area contributed by atoms with E-state index in [1.807, 2.05) is 21.9 Å². The van der Waals surface area contributed by atoms with Crippen molar-refractivity contribution < 1.29 is 9.59 Å². The fourth-order valence-corrected chi connectivity index (χ4v) is 4.21. The van der Waals surface area contributed by atoms with Gasteiger partial charge in [0.15, 0.2) is 5.69 Å². The van der Waals surface area contributed by atoms with Gasteiger partial charge in [-0.1, -0.05) is 10.6 Å². The maximum absolute atomic E-state index is 12.5. The minimum atomic E-state index is -0.0554. The summed E-state index contributed by atoms with van der Waals surface area (Å²) in [5.41, 5.74) is 1.47. The number of rotatable bonds is 3. The van der Waals surface area contributed by atoms with Gasteiger partial charge in [-0.05, 0) is 36.0 Å². The summed E-state index contributed by atoms with van der Waals surface area (Å²) >= 11 is 1.19. The molecule has 0 N–H and O–H groups in total. The highest BCUT2D eigenvalue weighted by Crippen LogP contribution is 2.41. The van der Waals surface area contributed by atoms with E-state index >= 15 is 0 Å². The molecule has 0 aliphatic carbocycles. The van der Waals surface area contributed by atoms with Crippen LogP contribution in [0.5, 0.6) is 0 Å². The number of hydrogen-bond acceptors (Lipinski definition) is 6. The van der Waals surface area contributed by atoms with Gasteiger partial charge >= 0.3 is 0 Å². The molecule has 0 aromatic carbocycles. The number of carbonyl (C=O) groups excluding carboxylic acids is 2. The van der Waals surface area contributed by atoms with Crippen molar-refractivity contribution in [3.63, 3.8) is 0 Å². The molecule has 25 heavy (non-hydrogen) atoms. The smallest absolute Gasteiger partial charge is 0.275 e. The van der Waals surface area contributed by atoms with E-state index in [9.17, 15) is 9.59 Å². The van der Waals surface area contributed by atoms with Crippen LogP contribution in [0.25, 0.3) is 0 Å². The summed E-state index contributed by atoms with van der Waals surface area (Å²) < 4.78 is 3.76. The second kappa shape index (κ2) is 6.51. The Balaban J connectivity index is 1.38. The molecule has 2 aromatic heterocycles. The van der Waals surface area contributed by atoms with Crippen molar-refractivity contribution in [1.82, 2.24) is 24.4 Å². The second-order valence-corrected chi connectivity index (χ2v) is 7.48. The summed E-state index contributed by atoms with van der Waals surface area (Å²) in [6, 6.07) is 3.89. The average Bonchev–Trinajstić information content (AvgIpc) is 3.25. The number of aromatic nitrogens is 3. The third-order valence-corrected chi connectivity index (χ3v) is 5.70. The molecule has 0 atom stereocenters. The first kappa shape index (κ1) is 16.1. The molecule has 0 saturated carbocycles. The van der Waals surface area contributed by atoms with Crippen LogP contribution in [0.15, 0.2) is 29.9 Å². The molecule has 130 valence electrons. The fourth-order valence-electron chi connectivity index (χ4n) is 3.78. The highest BCUT2D eigenvalue weighted by molar-refractivity contribution is 7.03. The summed E-state index contributed by atoms with van der Waals surface area (Å²) in [4.78, 5) is 32.7. The largest absolute Gasteiger partial charge is 0.338 e. The zero-order valence-corrected chi connectivity index (χ0v) is 14.6. The second-order valence-electron chi connectivity index (χ2n) is 6.87. The van der Waals surface area contributed by atoms with Crippen molar-refractivity contribution >= 4 is 23.3 Å². The van der Waals surface area contributed by atoms with Gasteiger partial charge in [0.1, 0.15) is 0 Å². The van der Waals surface area contributed by atoms with Crippen molar-refractivity contribution in [3.8, 4) is 0 Å². The Kier molecular flexibility index (Phi) is 4.20. The molecule has 0 radical (unpaired) electrons. The van der Waals surface area contributed by atoms with Crippen molar-refractivity contribution in [2.45, 2.75) is 25.8 Å². The summed E-state index contributed by atoms with van der Waals surface area (Å²) in [6.07, 6.45) is 5.83. The van der Waals surface area contributed by atoms with Gasteiger partial charge in [-0.3, -0.25) is 14.6 Å². The molecule has 0 unspecified atom stereocenters. The Morgan fingerprint density at radius 2 is 2.16 bits per heavy atom. The first-order chi connectivity index (χ1) is 12.2. The Morgan fingerprint density at radius 1 is 1.32 bits per heavy atom. The highest BCUT2D eigenvalue weighted by Gasteiger charge is 2.45. The minimum Gasteiger partial charge on any atom is -0.338 e. The molecular weight excluding hydrogens is 338 g/mol. The monoisotopic (exact) mass is 357 g/mol. The van der Waals surface area contributed by atoms with Gasteiger partial charge in [0.25, 0.3) is 5.91 Å². The normalized spacial score (nSPS) is 19.6. The molecule has 2 aliphatic heterocycles. The lowest BCUT2D eigenvalue weighted by atomic mass is 9.77. The third-order valence-electron chi connectivity index (χ3n) is 5.19. The van der Waals surface area contributed by atoms with Crippen molar-refractivity contribution in [3.05, 3.63) is 41.2 Å². The van der Waals surface area contributed by atoms with E-state index in [0.717, 1.165) is 24.9 Å². The fraction of sp³-hybridized carbons (Fsp3) is 0.471. The SMILES string of the molecule is O=C1CC2(CCN(C(=O)c3csnn3)CC2)CN1Cc1cccnc1. The third kappa shape index (κ3) is 3.26. The van der Waals surface area contributed by atoms with Crippen LogP contribution in [0.3, 0.4) is 0 Å². The van der Waals surface area contributed by atoms with Gasteiger partial charge < -0.3 is 9.80 Å². The van der Waals surface area contributed by atoms with Gasteiger partial charge in [0.05, 0.1) is 0 Å². The Hall–Kier alpha value is -2.35. The molecule has 4 heterocycles. The predicted octanol–water partition coefficient (Wildman–Crippen LogP) is 1.59. The van der Waals surface area contributed by atoms with Crippen molar-refractivity contribution in [2.75, 3.05) is 19.6 Å². The first-order valence-electron chi connectivity index (χ1n) is 8.38. The molecule has 2 fully saturated rings. The van der Waals surface area contributed by atoms with E-state index in [4.69, 9.17) is 0 Å². The molecular formula is C17H19N5O2S. The Labute approximate surface area is 149 Å². The van der Waals surface area contributed by atoms with Crippen LogP contribution < -0.4 is 0 Å². The Morgan fingerprint density at radius 3 is 2.84 bits per heavy atom. The van der Waals surface area contributed by atoms with Crippen molar-refractivity contribution in [2.24, 2.45) is 5.41 Å². The number of pyridine rings is 1. The van der Waals surface area contributed by atoms with Crippen LogP contribution in [-0.2, 0) is 11.3 Å². The lowest BCUT2D eigenvalue weighted by molar-refractivity contribution is -0.128. The number of piperidine rings is 1. The lowest BCUT2D eigenvalue weighted by Crippen LogP contribution is -2.44. The predicted molar refractivity (Wildman–Crippen MR) is 91.8 cm³/mol. The average molecular weight is 357 g/mol. The van der Waals surface area contributed by atoms with Crippen molar-refractivity contribution in [1.29, 1.82) is 0 Å². The molecule has 2 amide bonds. The van der Waals surface area contributed by atoms with Crippen LogP contribution in [0.2, 0.25) is 0 Å². The zero-order chi connectivity index (χ0) is 17.3. The highest BCUT2D eigenvalue weighted by atomic mass is 32.1. The summed E-state index contributed by atoms with van der Waals surface area (Å²) in [5, 5.41) is 5.54. The molecule has 4 rings (SSSR count). The summed E-state index contributed by atoms with van der Waals surface area (Å²) in [6.45, 7) is 2.72. The van der Waals surface area contributed by atoms with Gasteiger partial charge in [0, 0.05) is 55.8 Å². The van der Waals surface area contributed by atoms with Crippen LogP contribution in [0, 0.1) is 5.41 Å². The summed E-state index contributed by atoms with van der Waals surface area (Å²) in [7, 11) is 0.